The first-order valence-electron chi connectivity index (χ1n) is 6.26. The van der Waals surface area contributed by atoms with E-state index < -0.39 is 0 Å². The normalized spacial score (nSPS) is 15.0. The third kappa shape index (κ3) is 2.75. The molecule has 0 radical (unpaired) electrons. The van der Waals surface area contributed by atoms with E-state index in [4.69, 9.17) is 0 Å². The molecular weight excluding hydrogens is 337 g/mol. The van der Waals surface area contributed by atoms with E-state index in [-0.39, 0.29) is 0 Å². The lowest BCUT2D eigenvalue weighted by atomic mass is 10.1. The fraction of sp³-hybridized carbons (Fsp3) is 0.357. The van der Waals surface area contributed by atoms with E-state index in [0.717, 1.165) is 21.8 Å². The van der Waals surface area contributed by atoms with Crippen LogP contribution >= 0.6 is 22.6 Å². The summed E-state index contributed by atoms with van der Waals surface area (Å²) in [6, 6.07) is 7.30. The van der Waals surface area contributed by atoms with E-state index in [9.17, 15) is 0 Å². The molecule has 0 saturated heterocycles. The van der Waals surface area contributed by atoms with Gasteiger partial charge in [0.05, 0.1) is 15.5 Å². The zero-order chi connectivity index (χ0) is 12.5. The molecule has 18 heavy (non-hydrogen) atoms. The Labute approximate surface area is 121 Å². The van der Waals surface area contributed by atoms with Crippen LogP contribution in [0.3, 0.4) is 0 Å². The van der Waals surface area contributed by atoms with E-state index in [1.54, 1.807) is 0 Å². The summed E-state index contributed by atoms with van der Waals surface area (Å²) in [6.45, 7) is 3.15. The molecule has 3 nitrogen and oxygen atoms in total. The van der Waals surface area contributed by atoms with Crippen molar-refractivity contribution in [3.63, 3.8) is 0 Å². The van der Waals surface area contributed by atoms with E-state index in [2.05, 4.69) is 58.1 Å². The molecule has 0 aliphatic heterocycles. The van der Waals surface area contributed by atoms with Crippen molar-refractivity contribution in [3.8, 4) is 5.69 Å². The Morgan fingerprint density at radius 3 is 2.89 bits per heavy atom. The minimum Gasteiger partial charge on any atom is -0.310 e. The van der Waals surface area contributed by atoms with Crippen LogP contribution < -0.4 is 5.32 Å². The van der Waals surface area contributed by atoms with Gasteiger partial charge in [-0.25, -0.2) is 4.68 Å². The van der Waals surface area contributed by atoms with Crippen LogP contribution in [0, 0.1) is 10.5 Å². The van der Waals surface area contributed by atoms with Crippen molar-refractivity contribution in [1.29, 1.82) is 0 Å². The highest BCUT2D eigenvalue weighted by Gasteiger charge is 2.20. The van der Waals surface area contributed by atoms with Crippen molar-refractivity contribution in [2.45, 2.75) is 32.4 Å². The summed E-state index contributed by atoms with van der Waals surface area (Å²) in [4.78, 5) is 0. The van der Waals surface area contributed by atoms with Gasteiger partial charge in [-0.05, 0) is 65.6 Å². The third-order valence-corrected chi connectivity index (χ3v) is 3.86. The van der Waals surface area contributed by atoms with Gasteiger partial charge in [-0.2, -0.15) is 5.10 Å². The van der Waals surface area contributed by atoms with Gasteiger partial charge in [0.1, 0.15) is 0 Å². The second-order valence-corrected chi connectivity index (χ2v) is 6.11. The molecule has 1 heterocycles. The molecule has 0 unspecified atom stereocenters. The molecule has 0 bridgehead atoms. The molecule has 4 heteroatoms. The summed E-state index contributed by atoms with van der Waals surface area (Å²) >= 11 is 2.28. The lowest BCUT2D eigenvalue weighted by Gasteiger charge is -2.09. The fourth-order valence-corrected chi connectivity index (χ4v) is 2.39. The van der Waals surface area contributed by atoms with Gasteiger partial charge >= 0.3 is 0 Å². The highest BCUT2D eigenvalue weighted by molar-refractivity contribution is 14.1. The molecule has 1 aromatic heterocycles. The lowest BCUT2D eigenvalue weighted by molar-refractivity contribution is 0.685. The van der Waals surface area contributed by atoms with Crippen molar-refractivity contribution in [3.05, 3.63) is 45.3 Å². The lowest BCUT2D eigenvalue weighted by Crippen LogP contribution is -2.16. The SMILES string of the molecule is Cc1cc(-n2cc(I)cn2)ccc1CNC1CC1. The number of nitrogens with one attached hydrogen (secondary N) is 1. The van der Waals surface area contributed by atoms with Gasteiger partial charge in [0.15, 0.2) is 0 Å². The summed E-state index contributed by atoms with van der Waals surface area (Å²) in [7, 11) is 0. The Morgan fingerprint density at radius 1 is 1.44 bits per heavy atom. The molecule has 1 saturated carbocycles. The van der Waals surface area contributed by atoms with Crippen molar-refractivity contribution in [1.82, 2.24) is 15.1 Å². The van der Waals surface area contributed by atoms with Gasteiger partial charge in [-0.15, -0.1) is 0 Å². The molecule has 94 valence electrons. The first kappa shape index (κ1) is 12.2. The topological polar surface area (TPSA) is 29.9 Å². The maximum atomic E-state index is 4.33. The molecule has 1 N–H and O–H groups in total. The minimum absolute atomic E-state index is 0.761. The zero-order valence-electron chi connectivity index (χ0n) is 10.4. The minimum atomic E-state index is 0.761. The van der Waals surface area contributed by atoms with Gasteiger partial charge in [0.2, 0.25) is 0 Å². The number of rotatable bonds is 4. The Morgan fingerprint density at radius 2 is 2.28 bits per heavy atom. The van der Waals surface area contributed by atoms with Crippen LogP contribution in [-0.4, -0.2) is 15.8 Å². The number of nitrogens with zero attached hydrogens (tertiary/aromatic N) is 2. The number of halogens is 1. The quantitative estimate of drug-likeness (QED) is 0.857. The van der Waals surface area contributed by atoms with Crippen molar-refractivity contribution < 1.29 is 0 Å². The second kappa shape index (κ2) is 5.01. The monoisotopic (exact) mass is 353 g/mol. The van der Waals surface area contributed by atoms with Crippen molar-refractivity contribution in [2.75, 3.05) is 0 Å². The van der Waals surface area contributed by atoms with E-state index in [1.807, 2.05) is 17.1 Å². The third-order valence-electron chi connectivity index (χ3n) is 3.30. The molecule has 3 rings (SSSR count). The van der Waals surface area contributed by atoms with Crippen LogP contribution in [0.25, 0.3) is 5.69 Å². The van der Waals surface area contributed by atoms with E-state index >= 15 is 0 Å². The fourth-order valence-electron chi connectivity index (χ4n) is 2.00. The first-order chi connectivity index (χ1) is 8.72. The smallest absolute Gasteiger partial charge is 0.0648 e. The van der Waals surface area contributed by atoms with Gasteiger partial charge < -0.3 is 5.32 Å². The van der Waals surface area contributed by atoms with Crippen LogP contribution in [0.15, 0.2) is 30.6 Å². The summed E-state index contributed by atoms with van der Waals surface area (Å²) in [5.74, 6) is 0. The largest absolute Gasteiger partial charge is 0.310 e. The van der Waals surface area contributed by atoms with Crippen molar-refractivity contribution in [2.24, 2.45) is 0 Å². The van der Waals surface area contributed by atoms with Gasteiger partial charge in [0, 0.05) is 18.8 Å². The van der Waals surface area contributed by atoms with Crippen molar-refractivity contribution >= 4 is 22.6 Å². The van der Waals surface area contributed by atoms with Crippen LogP contribution in [-0.2, 0) is 6.54 Å². The Hall–Kier alpha value is -0.880. The Kier molecular flexibility index (Phi) is 3.39. The molecule has 2 aromatic rings. The average molecular weight is 353 g/mol. The molecule has 1 fully saturated rings. The number of hydrogen-bond donors (Lipinski definition) is 1. The maximum absolute atomic E-state index is 4.33. The molecule has 1 aliphatic carbocycles. The predicted molar refractivity (Wildman–Crippen MR) is 80.9 cm³/mol. The van der Waals surface area contributed by atoms with Gasteiger partial charge in [-0.1, -0.05) is 6.07 Å². The summed E-state index contributed by atoms with van der Waals surface area (Å²) < 4.78 is 3.08. The van der Waals surface area contributed by atoms with Crippen LogP contribution in [0.4, 0.5) is 0 Å². The average Bonchev–Trinajstić information content (AvgIpc) is 3.08. The Balaban J connectivity index is 1.79. The first-order valence-corrected chi connectivity index (χ1v) is 7.34. The van der Waals surface area contributed by atoms with E-state index in [0.29, 0.717) is 0 Å². The number of benzene rings is 1. The highest BCUT2D eigenvalue weighted by Crippen LogP contribution is 2.21. The molecule has 0 spiro atoms. The summed E-state index contributed by atoms with van der Waals surface area (Å²) in [5.41, 5.74) is 3.84. The Bertz CT molecular complexity index is 558. The molecule has 1 aromatic carbocycles. The number of hydrogen-bond acceptors (Lipinski definition) is 2. The zero-order valence-corrected chi connectivity index (χ0v) is 12.5. The number of aryl methyl sites for hydroxylation is 1. The summed E-state index contributed by atoms with van der Waals surface area (Å²) in [6.07, 6.45) is 6.58. The molecular formula is C14H16IN3. The predicted octanol–water partition coefficient (Wildman–Crippen LogP) is 3.04. The highest BCUT2D eigenvalue weighted by atomic mass is 127. The maximum Gasteiger partial charge on any atom is 0.0648 e. The molecule has 0 atom stereocenters. The van der Waals surface area contributed by atoms with Crippen LogP contribution in [0.1, 0.15) is 24.0 Å². The van der Waals surface area contributed by atoms with Crippen LogP contribution in [0.5, 0.6) is 0 Å². The number of aromatic nitrogens is 2. The van der Waals surface area contributed by atoms with Gasteiger partial charge in [0.25, 0.3) is 0 Å². The summed E-state index contributed by atoms with van der Waals surface area (Å²) in [5, 5.41) is 7.89. The van der Waals surface area contributed by atoms with Gasteiger partial charge in [-0.3, -0.25) is 0 Å². The molecule has 0 amide bonds. The standard InChI is InChI=1S/C14H16IN3/c1-10-6-14(18-9-12(15)8-17-18)5-2-11(10)7-16-13-3-4-13/h2,5-6,8-9,13,16H,3-4,7H2,1H3. The molecule has 1 aliphatic rings. The second-order valence-electron chi connectivity index (χ2n) is 4.87. The van der Waals surface area contributed by atoms with E-state index in [1.165, 1.54) is 24.0 Å². The van der Waals surface area contributed by atoms with Crippen LogP contribution in [0.2, 0.25) is 0 Å².